The van der Waals surface area contributed by atoms with Crippen molar-refractivity contribution in [3.63, 3.8) is 0 Å². The van der Waals surface area contributed by atoms with E-state index in [-0.39, 0.29) is 18.6 Å². The lowest BCUT2D eigenvalue weighted by Crippen LogP contribution is -2.37. The maximum atomic E-state index is 11.2. The van der Waals surface area contributed by atoms with Gasteiger partial charge in [-0.25, -0.2) is 4.79 Å². The molecule has 2 unspecified atom stereocenters. The highest BCUT2D eigenvalue weighted by Crippen LogP contribution is 2.37. The van der Waals surface area contributed by atoms with Crippen LogP contribution in [0.4, 0.5) is 13.2 Å². The molecule has 1 aliphatic carbocycles. The molecular formula is C24H48F3N3O6. The van der Waals surface area contributed by atoms with Crippen molar-refractivity contribution < 1.29 is 42.6 Å². The summed E-state index contributed by atoms with van der Waals surface area (Å²) in [6.07, 6.45) is 1.76. The number of primary amides is 1. The Morgan fingerprint density at radius 1 is 1.11 bits per heavy atom. The third-order valence-electron chi connectivity index (χ3n) is 3.89. The Labute approximate surface area is 213 Å². The number of rotatable bonds is 11. The number of nitrogens with two attached hydrogens (primary N) is 1. The molecule has 0 bridgehead atoms. The number of carboxylic acids is 1. The smallest absolute Gasteiger partial charge is 0.471 e. The lowest BCUT2D eigenvalue weighted by Gasteiger charge is -2.19. The fraction of sp³-hybridized carbons (Fsp3) is 0.833. The van der Waals surface area contributed by atoms with Crippen molar-refractivity contribution in [2.24, 2.45) is 23.5 Å². The first-order valence-corrected chi connectivity index (χ1v) is 12.2. The molecule has 6 N–H and O–H groups in total. The van der Waals surface area contributed by atoms with Crippen LogP contribution in [0.5, 0.6) is 0 Å². The summed E-state index contributed by atoms with van der Waals surface area (Å²) in [4.78, 5) is 38.6. The lowest BCUT2D eigenvalue weighted by molar-refractivity contribution is -0.173. The predicted molar refractivity (Wildman–Crippen MR) is 134 cm³/mol. The van der Waals surface area contributed by atoms with Crippen LogP contribution in [0, 0.1) is 17.8 Å². The largest absolute Gasteiger partial charge is 0.479 e. The number of aliphatic hydroxyl groups excluding tert-OH is 1. The first-order chi connectivity index (χ1) is 16.7. The van der Waals surface area contributed by atoms with E-state index in [2.05, 4.69) is 45.7 Å². The summed E-state index contributed by atoms with van der Waals surface area (Å²) in [5, 5.41) is 22.8. The Hall–Kier alpha value is -2.21. The van der Waals surface area contributed by atoms with Crippen LogP contribution < -0.4 is 16.4 Å². The predicted octanol–water partition coefficient (Wildman–Crippen LogP) is 3.28. The lowest BCUT2D eigenvalue weighted by atomic mass is 9.90. The summed E-state index contributed by atoms with van der Waals surface area (Å²) in [5.41, 5.74) is 4.17. The first-order valence-electron chi connectivity index (χ1n) is 12.2. The van der Waals surface area contributed by atoms with Gasteiger partial charge in [0.15, 0.2) is 6.10 Å². The third kappa shape index (κ3) is 36.4. The number of hydrogen-bond acceptors (Lipinski definition) is 6. The number of aldehydes is 1. The maximum Gasteiger partial charge on any atom is 0.471 e. The second kappa shape index (κ2) is 27.4. The van der Waals surface area contributed by atoms with Gasteiger partial charge < -0.3 is 31.4 Å². The Balaban J connectivity index is -0.000000218. The standard InChI is InChI=1S/C12H23NO3.C4H4F3NO2.C4H10.C3H8.CH3NO/c1-13-7-3-2-4-10(8-9-5-6-9)11(14)12(15)16;5-4(6,7)3(10)8-1-2-9;1-4(2)3;1-3-2;2-1-3/h9-11,13-14H,2-8H2,1H3,(H,15,16);2H,1H2,(H,8,10);4H,1-3H3;3H2,1-2H3;1H,(H2,2,3). The van der Waals surface area contributed by atoms with Crippen LogP contribution in [-0.2, 0) is 19.2 Å². The molecule has 0 aliphatic heterocycles. The number of carboxylic acid groups (broad SMARTS) is 1. The van der Waals surface area contributed by atoms with E-state index in [0.29, 0.717) is 5.92 Å². The summed E-state index contributed by atoms with van der Waals surface area (Å²) in [7, 11) is 1.91. The van der Waals surface area contributed by atoms with Crippen LogP contribution in [0.2, 0.25) is 0 Å². The summed E-state index contributed by atoms with van der Waals surface area (Å²) < 4.78 is 33.7. The minimum absolute atomic E-state index is 0.0538. The molecule has 0 aromatic rings. The van der Waals surface area contributed by atoms with Gasteiger partial charge in [-0.15, -0.1) is 0 Å². The second-order valence-corrected chi connectivity index (χ2v) is 8.77. The van der Waals surface area contributed by atoms with Crippen LogP contribution in [0.1, 0.15) is 79.6 Å². The van der Waals surface area contributed by atoms with Gasteiger partial charge in [0.25, 0.3) is 0 Å². The van der Waals surface area contributed by atoms with E-state index >= 15 is 0 Å². The van der Waals surface area contributed by atoms with Gasteiger partial charge >= 0.3 is 18.1 Å². The summed E-state index contributed by atoms with van der Waals surface area (Å²) in [6, 6.07) is 0. The molecule has 2 atom stereocenters. The molecule has 216 valence electrons. The minimum Gasteiger partial charge on any atom is -0.479 e. The average Bonchev–Trinajstić information content (AvgIpc) is 3.58. The topological polar surface area (TPSA) is 159 Å². The van der Waals surface area contributed by atoms with Crippen molar-refractivity contribution in [1.82, 2.24) is 10.6 Å². The van der Waals surface area contributed by atoms with Crippen LogP contribution in [-0.4, -0.2) is 67.2 Å². The fourth-order valence-corrected chi connectivity index (χ4v) is 2.33. The molecule has 0 aromatic carbocycles. The van der Waals surface area contributed by atoms with Crippen LogP contribution in [0.3, 0.4) is 0 Å². The second-order valence-electron chi connectivity index (χ2n) is 8.77. The van der Waals surface area contributed by atoms with E-state index in [1.165, 1.54) is 24.6 Å². The van der Waals surface area contributed by atoms with E-state index in [4.69, 9.17) is 9.90 Å². The van der Waals surface area contributed by atoms with E-state index in [9.17, 15) is 32.7 Å². The number of unbranched alkanes of at least 4 members (excludes halogenated alkanes) is 1. The number of alkyl halides is 3. The fourth-order valence-electron chi connectivity index (χ4n) is 2.33. The number of amides is 2. The SMILES string of the molecule is CC(C)C.CCC.CNCCCCC(CC1CC1)C(O)C(=O)O.NC=O.O=CCNC(=O)C(F)(F)F. The Morgan fingerprint density at radius 2 is 1.56 bits per heavy atom. The molecule has 2 amide bonds. The number of nitrogens with one attached hydrogen (secondary N) is 2. The molecule has 1 rings (SSSR count). The zero-order chi connectivity index (χ0) is 29.2. The average molecular weight is 532 g/mol. The van der Waals surface area contributed by atoms with Gasteiger partial charge in [-0.2, -0.15) is 13.2 Å². The van der Waals surface area contributed by atoms with Gasteiger partial charge in [0.1, 0.15) is 6.29 Å². The Kier molecular flexibility index (Phi) is 31.1. The molecule has 0 radical (unpaired) electrons. The van der Waals surface area contributed by atoms with Crippen LogP contribution >= 0.6 is 0 Å². The van der Waals surface area contributed by atoms with E-state index in [1.807, 2.05) is 7.05 Å². The highest BCUT2D eigenvalue weighted by Gasteiger charge is 2.38. The highest BCUT2D eigenvalue weighted by atomic mass is 19.4. The van der Waals surface area contributed by atoms with Gasteiger partial charge in [-0.1, -0.05) is 60.3 Å². The molecule has 1 saturated carbocycles. The Morgan fingerprint density at radius 3 is 1.86 bits per heavy atom. The molecule has 1 aliphatic rings. The van der Waals surface area contributed by atoms with Crippen molar-refractivity contribution in [2.75, 3.05) is 20.1 Å². The monoisotopic (exact) mass is 531 g/mol. The number of hydrogen-bond donors (Lipinski definition) is 5. The third-order valence-corrected chi connectivity index (χ3v) is 3.89. The van der Waals surface area contributed by atoms with Crippen molar-refractivity contribution in [3.05, 3.63) is 0 Å². The molecule has 0 heterocycles. The van der Waals surface area contributed by atoms with Crippen LogP contribution in [0.25, 0.3) is 0 Å². The number of carbonyl (C=O) groups excluding carboxylic acids is 3. The number of halogens is 3. The first kappa shape index (κ1) is 40.9. The molecular weight excluding hydrogens is 483 g/mol. The number of carbonyl (C=O) groups is 4. The van der Waals surface area contributed by atoms with Gasteiger partial charge in [0.2, 0.25) is 6.41 Å². The van der Waals surface area contributed by atoms with Crippen LogP contribution in [0.15, 0.2) is 0 Å². The van der Waals surface area contributed by atoms with E-state index < -0.39 is 30.7 Å². The van der Waals surface area contributed by atoms with Crippen molar-refractivity contribution in [3.8, 4) is 0 Å². The van der Waals surface area contributed by atoms with Gasteiger partial charge in [0.05, 0.1) is 6.54 Å². The quantitative estimate of drug-likeness (QED) is 0.202. The number of aliphatic hydroxyl groups is 1. The molecule has 0 saturated heterocycles. The van der Waals surface area contributed by atoms with Gasteiger partial charge in [-0.3, -0.25) is 9.59 Å². The molecule has 12 heteroatoms. The zero-order valence-electron chi connectivity index (χ0n) is 22.6. The summed E-state index contributed by atoms with van der Waals surface area (Å²) in [6.45, 7) is 11.1. The van der Waals surface area contributed by atoms with E-state index in [0.717, 1.165) is 38.1 Å². The van der Waals surface area contributed by atoms with Crippen molar-refractivity contribution in [2.45, 2.75) is 91.8 Å². The maximum absolute atomic E-state index is 11.2. The summed E-state index contributed by atoms with van der Waals surface area (Å²) >= 11 is 0. The van der Waals surface area contributed by atoms with E-state index in [1.54, 1.807) is 0 Å². The minimum atomic E-state index is -4.90. The molecule has 0 spiro atoms. The van der Waals surface area contributed by atoms with Crippen molar-refractivity contribution >= 4 is 24.6 Å². The normalized spacial score (nSPS) is 13.4. The highest BCUT2D eigenvalue weighted by molar-refractivity contribution is 5.83. The zero-order valence-corrected chi connectivity index (χ0v) is 22.6. The number of aliphatic carboxylic acids is 1. The van der Waals surface area contributed by atoms with Gasteiger partial charge in [-0.05, 0) is 50.6 Å². The van der Waals surface area contributed by atoms with Gasteiger partial charge in [0, 0.05) is 0 Å². The van der Waals surface area contributed by atoms with Crippen molar-refractivity contribution in [1.29, 1.82) is 0 Å². The molecule has 0 aromatic heterocycles. The molecule has 36 heavy (non-hydrogen) atoms. The Bertz CT molecular complexity index is 543. The summed E-state index contributed by atoms with van der Waals surface area (Å²) in [5.74, 6) is -1.72. The molecule has 9 nitrogen and oxygen atoms in total. The molecule has 1 fully saturated rings.